The van der Waals surface area contributed by atoms with Crippen molar-refractivity contribution in [1.82, 2.24) is 14.8 Å². The van der Waals surface area contributed by atoms with Crippen LogP contribution in [0.25, 0.3) is 16.8 Å². The Hall–Kier alpha value is -3.51. The van der Waals surface area contributed by atoms with Crippen molar-refractivity contribution in [2.45, 2.75) is 20.0 Å². The Morgan fingerprint density at radius 2 is 1.97 bits per heavy atom. The third kappa shape index (κ3) is 4.64. The fourth-order valence-electron chi connectivity index (χ4n) is 3.89. The highest BCUT2D eigenvalue weighted by atomic mass is 16.2. The van der Waals surface area contributed by atoms with E-state index in [1.807, 2.05) is 30.1 Å². The van der Waals surface area contributed by atoms with Crippen molar-refractivity contribution in [1.29, 1.82) is 0 Å². The van der Waals surface area contributed by atoms with E-state index >= 15 is 0 Å². The summed E-state index contributed by atoms with van der Waals surface area (Å²) in [7, 11) is 3.70. The lowest BCUT2D eigenvalue weighted by Gasteiger charge is -2.17. The van der Waals surface area contributed by atoms with Gasteiger partial charge in [-0.3, -0.25) is 14.5 Å². The average Bonchev–Trinajstić information content (AvgIpc) is 2.89. The summed E-state index contributed by atoms with van der Waals surface area (Å²) in [6, 6.07) is 14.4. The van der Waals surface area contributed by atoms with Crippen LogP contribution in [0, 0.1) is 6.92 Å². The molecule has 0 spiro atoms. The Labute approximate surface area is 182 Å². The normalized spacial score (nSPS) is 14.4. The van der Waals surface area contributed by atoms with Crippen LogP contribution in [0.3, 0.4) is 0 Å². The van der Waals surface area contributed by atoms with Crippen molar-refractivity contribution < 1.29 is 9.59 Å². The third-order valence-electron chi connectivity index (χ3n) is 5.53. The van der Waals surface area contributed by atoms with Crippen LogP contribution in [-0.2, 0) is 22.7 Å². The van der Waals surface area contributed by atoms with Crippen LogP contribution < -0.4 is 5.32 Å². The van der Waals surface area contributed by atoms with Crippen molar-refractivity contribution in [2.24, 2.45) is 0 Å². The fraction of sp³-hybridized carbons (Fsp3) is 0.240. The van der Waals surface area contributed by atoms with Crippen molar-refractivity contribution in [2.75, 3.05) is 26.0 Å². The van der Waals surface area contributed by atoms with Crippen LogP contribution in [-0.4, -0.2) is 47.2 Å². The highest BCUT2D eigenvalue weighted by Gasteiger charge is 2.17. The smallest absolute Gasteiger partial charge is 0.246 e. The molecule has 1 N–H and O–H groups in total. The van der Waals surface area contributed by atoms with Crippen LogP contribution >= 0.6 is 0 Å². The number of likely N-dealkylation sites (N-methyl/N-ethyl adjacent to an activating group) is 2. The zero-order valence-corrected chi connectivity index (χ0v) is 18.1. The lowest BCUT2D eigenvalue weighted by atomic mass is 10.00. The number of aromatic nitrogens is 1. The van der Waals surface area contributed by atoms with Crippen LogP contribution in [0.5, 0.6) is 0 Å². The topological polar surface area (TPSA) is 65.5 Å². The van der Waals surface area contributed by atoms with Gasteiger partial charge in [0.2, 0.25) is 11.8 Å². The number of aryl methyl sites for hydroxylation is 1. The number of benzene rings is 2. The predicted octanol–water partition coefficient (Wildman–Crippen LogP) is 3.60. The third-order valence-corrected chi connectivity index (χ3v) is 5.53. The number of pyridine rings is 1. The predicted molar refractivity (Wildman–Crippen MR) is 123 cm³/mol. The maximum atomic E-state index is 12.7. The monoisotopic (exact) mass is 414 g/mol. The minimum atomic E-state index is -0.0787. The minimum Gasteiger partial charge on any atom is -0.338 e. The molecule has 0 aliphatic carbocycles. The van der Waals surface area contributed by atoms with E-state index in [0.29, 0.717) is 25.5 Å². The molecule has 0 saturated heterocycles. The summed E-state index contributed by atoms with van der Waals surface area (Å²) in [5, 5.41) is 5.20. The second-order valence-electron chi connectivity index (χ2n) is 8.11. The van der Waals surface area contributed by atoms with E-state index in [1.165, 1.54) is 16.3 Å². The van der Waals surface area contributed by atoms with Crippen molar-refractivity contribution >= 4 is 34.5 Å². The maximum Gasteiger partial charge on any atom is 0.246 e. The molecule has 31 heavy (non-hydrogen) atoms. The van der Waals surface area contributed by atoms with E-state index < -0.39 is 0 Å². The molecule has 2 heterocycles. The van der Waals surface area contributed by atoms with E-state index in [9.17, 15) is 9.59 Å². The van der Waals surface area contributed by atoms with Gasteiger partial charge >= 0.3 is 0 Å². The Kier molecular flexibility index (Phi) is 5.82. The van der Waals surface area contributed by atoms with Gasteiger partial charge in [-0.2, -0.15) is 0 Å². The summed E-state index contributed by atoms with van der Waals surface area (Å²) >= 11 is 0. The highest BCUT2D eigenvalue weighted by Crippen LogP contribution is 2.23. The average molecular weight is 415 g/mol. The summed E-state index contributed by atoms with van der Waals surface area (Å²) in [6.07, 6.45) is 5.01. The molecule has 0 bridgehead atoms. The number of hydrogen-bond donors (Lipinski definition) is 1. The number of nitrogens with one attached hydrogen (secondary N) is 1. The number of fused-ring (bicyclic) bond motifs is 2. The Bertz CT molecular complexity index is 1190. The zero-order chi connectivity index (χ0) is 22.0. The quantitative estimate of drug-likeness (QED) is 0.663. The van der Waals surface area contributed by atoms with Gasteiger partial charge in [-0.15, -0.1) is 0 Å². The van der Waals surface area contributed by atoms with E-state index in [0.717, 1.165) is 16.7 Å². The van der Waals surface area contributed by atoms with E-state index in [2.05, 4.69) is 41.5 Å². The summed E-state index contributed by atoms with van der Waals surface area (Å²) in [5.74, 6) is 0.434. The van der Waals surface area contributed by atoms with Crippen molar-refractivity contribution in [3.63, 3.8) is 0 Å². The molecule has 0 saturated carbocycles. The molecule has 1 aliphatic rings. The second kappa shape index (κ2) is 8.70. The van der Waals surface area contributed by atoms with E-state index in [1.54, 1.807) is 30.3 Å². The number of carbonyl (C=O) groups excluding carboxylic acids is 2. The first-order chi connectivity index (χ1) is 14.9. The zero-order valence-electron chi connectivity index (χ0n) is 18.1. The van der Waals surface area contributed by atoms with Gasteiger partial charge in [-0.05, 0) is 53.6 Å². The largest absolute Gasteiger partial charge is 0.338 e. The van der Waals surface area contributed by atoms with E-state index in [-0.39, 0.29) is 11.8 Å². The summed E-state index contributed by atoms with van der Waals surface area (Å²) in [5.41, 5.74) is 4.11. The molecule has 0 atom stereocenters. The summed E-state index contributed by atoms with van der Waals surface area (Å²) in [6.45, 7) is 3.58. The van der Waals surface area contributed by atoms with Crippen molar-refractivity contribution in [3.8, 4) is 0 Å². The van der Waals surface area contributed by atoms with Gasteiger partial charge in [-0.25, -0.2) is 4.98 Å². The first-order valence-corrected chi connectivity index (χ1v) is 10.3. The van der Waals surface area contributed by atoms with Crippen LogP contribution in [0.2, 0.25) is 0 Å². The molecule has 158 valence electrons. The number of anilines is 1. The molecule has 0 unspecified atom stereocenters. The molecule has 2 aromatic carbocycles. The van der Waals surface area contributed by atoms with Crippen LogP contribution in [0.15, 0.2) is 54.7 Å². The van der Waals surface area contributed by atoms with Gasteiger partial charge in [0.25, 0.3) is 0 Å². The number of amides is 2. The molecular formula is C25H26N4O2. The Morgan fingerprint density at radius 3 is 2.77 bits per heavy atom. The Morgan fingerprint density at radius 1 is 1.19 bits per heavy atom. The van der Waals surface area contributed by atoms with E-state index in [4.69, 9.17) is 0 Å². The highest BCUT2D eigenvalue weighted by molar-refractivity contribution is 5.94. The molecule has 1 aliphatic heterocycles. The standard InChI is InChI=1S/C25H26N4O2/c1-17-8-10-19(22-7-5-4-6-21(17)22)15-29(3)24(31)11-9-18-12-20-14-28(2)16-23(30)27-25(20)26-13-18/h4-13H,14-16H2,1-3H3,(H,26,27,30)/b11-9+. The molecule has 0 radical (unpaired) electrons. The van der Waals surface area contributed by atoms with Crippen molar-refractivity contribution in [3.05, 3.63) is 77.0 Å². The van der Waals surface area contributed by atoms with Gasteiger partial charge < -0.3 is 10.2 Å². The molecular weight excluding hydrogens is 388 g/mol. The second-order valence-corrected chi connectivity index (χ2v) is 8.11. The molecule has 2 amide bonds. The number of carbonyl (C=O) groups is 2. The lowest BCUT2D eigenvalue weighted by molar-refractivity contribution is -0.125. The maximum absolute atomic E-state index is 12.7. The fourth-order valence-corrected chi connectivity index (χ4v) is 3.89. The number of nitrogens with zero attached hydrogens (tertiary/aromatic N) is 3. The molecule has 3 aromatic rings. The molecule has 1 aromatic heterocycles. The van der Waals surface area contributed by atoms with Gasteiger partial charge in [0.15, 0.2) is 0 Å². The van der Waals surface area contributed by atoms with Gasteiger partial charge in [0, 0.05) is 38.0 Å². The SMILES string of the molecule is Cc1ccc(CN(C)C(=O)/C=C/c2cnc3c(c2)CN(C)CC(=O)N3)c2ccccc12. The van der Waals surface area contributed by atoms with Crippen LogP contribution in [0.1, 0.15) is 22.3 Å². The molecule has 6 heteroatoms. The Balaban J connectivity index is 1.49. The summed E-state index contributed by atoms with van der Waals surface area (Å²) < 4.78 is 0. The van der Waals surface area contributed by atoms with Gasteiger partial charge in [0.1, 0.15) is 5.82 Å². The first kappa shape index (κ1) is 20.8. The van der Waals surface area contributed by atoms with Gasteiger partial charge in [-0.1, -0.05) is 36.4 Å². The number of hydrogen-bond acceptors (Lipinski definition) is 4. The minimum absolute atomic E-state index is 0.0718. The lowest BCUT2D eigenvalue weighted by Crippen LogP contribution is -2.26. The molecule has 0 fully saturated rings. The summed E-state index contributed by atoms with van der Waals surface area (Å²) in [4.78, 5) is 32.5. The first-order valence-electron chi connectivity index (χ1n) is 10.3. The number of rotatable bonds is 4. The molecule has 6 nitrogen and oxygen atoms in total. The van der Waals surface area contributed by atoms with Gasteiger partial charge in [0.05, 0.1) is 6.54 Å². The van der Waals surface area contributed by atoms with Crippen LogP contribution in [0.4, 0.5) is 5.82 Å². The molecule has 4 rings (SSSR count).